The summed E-state index contributed by atoms with van der Waals surface area (Å²) in [5.41, 5.74) is 4.28. The van der Waals surface area contributed by atoms with Gasteiger partial charge in [-0.1, -0.05) is 0 Å². The van der Waals surface area contributed by atoms with Crippen LogP contribution >= 0.6 is 11.3 Å². The Labute approximate surface area is 97.2 Å². The third-order valence-electron chi connectivity index (χ3n) is 2.27. The molecule has 1 amide bonds. The molecule has 1 heterocycles. The zero-order chi connectivity index (χ0) is 11.5. The van der Waals surface area contributed by atoms with Crippen molar-refractivity contribution < 1.29 is 9.63 Å². The highest BCUT2D eigenvalue weighted by Gasteiger charge is 2.10. The largest absolute Gasteiger partial charge is 0.355 e. The number of nitrogens with one attached hydrogen (secondary N) is 2. The van der Waals surface area contributed by atoms with E-state index in [4.69, 9.17) is 4.84 Å². The first kappa shape index (κ1) is 10.9. The van der Waals surface area contributed by atoms with Crippen LogP contribution in [0.15, 0.2) is 23.6 Å². The molecule has 2 N–H and O–H groups in total. The van der Waals surface area contributed by atoms with Crippen LogP contribution < -0.4 is 10.8 Å². The zero-order valence-electron chi connectivity index (χ0n) is 9.03. The van der Waals surface area contributed by atoms with Gasteiger partial charge in [0.25, 0.3) is 5.91 Å². The minimum absolute atomic E-state index is 0.0687. The van der Waals surface area contributed by atoms with E-state index in [0.29, 0.717) is 5.56 Å². The molecule has 0 spiro atoms. The lowest BCUT2D eigenvalue weighted by Crippen LogP contribution is -2.17. The number of carbonyl (C=O) groups excluding carboxylic acids is 1. The molecular formula is C11H12N2O2S. The van der Waals surface area contributed by atoms with Gasteiger partial charge in [0.05, 0.1) is 18.4 Å². The number of hydrogen-bond donors (Lipinski definition) is 2. The van der Waals surface area contributed by atoms with Crippen molar-refractivity contribution in [2.75, 3.05) is 19.6 Å². The number of rotatable bonds is 3. The van der Waals surface area contributed by atoms with Gasteiger partial charge in [-0.2, -0.15) is 0 Å². The Hall–Kier alpha value is -1.59. The molecule has 16 heavy (non-hydrogen) atoms. The van der Waals surface area contributed by atoms with E-state index in [1.807, 2.05) is 23.6 Å². The summed E-state index contributed by atoms with van der Waals surface area (Å²) < 4.78 is 1.08. The highest BCUT2D eigenvalue weighted by Crippen LogP contribution is 2.28. The maximum absolute atomic E-state index is 11.6. The van der Waals surface area contributed by atoms with Crippen molar-refractivity contribution in [3.05, 3.63) is 29.1 Å². The van der Waals surface area contributed by atoms with Crippen LogP contribution in [0.5, 0.6) is 0 Å². The number of benzene rings is 1. The van der Waals surface area contributed by atoms with Crippen LogP contribution in [0.2, 0.25) is 0 Å². The summed E-state index contributed by atoms with van der Waals surface area (Å²) in [7, 11) is 3.18. The molecule has 0 saturated carbocycles. The van der Waals surface area contributed by atoms with Gasteiger partial charge in [0, 0.05) is 22.5 Å². The topological polar surface area (TPSA) is 50.4 Å². The predicted molar refractivity (Wildman–Crippen MR) is 65.8 cm³/mol. The van der Waals surface area contributed by atoms with E-state index in [9.17, 15) is 4.79 Å². The van der Waals surface area contributed by atoms with E-state index in [1.165, 1.54) is 0 Å². The normalized spacial score (nSPS) is 10.4. The standard InChI is InChI=1S/C11H12N2O2S/c1-12-11(14)9-6-16-10-4-3-7(13-15-2)5-8(9)10/h3-6,13H,1-2H3,(H,12,14). The third kappa shape index (κ3) is 1.87. The molecule has 0 saturated heterocycles. The fraction of sp³-hybridized carbons (Fsp3) is 0.182. The van der Waals surface area contributed by atoms with Crippen molar-refractivity contribution in [1.82, 2.24) is 5.32 Å². The molecule has 0 unspecified atom stereocenters. The molecule has 4 nitrogen and oxygen atoms in total. The number of amides is 1. The van der Waals surface area contributed by atoms with E-state index in [0.717, 1.165) is 15.8 Å². The molecule has 1 aromatic heterocycles. The van der Waals surface area contributed by atoms with Crippen LogP contribution in [0.25, 0.3) is 10.1 Å². The molecule has 1 aromatic carbocycles. The Balaban J connectivity index is 2.51. The van der Waals surface area contributed by atoms with E-state index in [2.05, 4.69) is 10.8 Å². The molecule has 0 aliphatic heterocycles. The quantitative estimate of drug-likeness (QED) is 0.803. The first-order chi connectivity index (χ1) is 7.76. The number of hydrogen-bond acceptors (Lipinski definition) is 4. The lowest BCUT2D eigenvalue weighted by atomic mass is 10.1. The molecular weight excluding hydrogens is 224 g/mol. The van der Waals surface area contributed by atoms with Crippen LogP contribution in [0.3, 0.4) is 0 Å². The molecule has 2 rings (SSSR count). The maximum Gasteiger partial charge on any atom is 0.252 e. The van der Waals surface area contributed by atoms with Crippen molar-refractivity contribution in [2.45, 2.75) is 0 Å². The number of thiophene rings is 1. The molecule has 2 aromatic rings. The van der Waals surface area contributed by atoms with Crippen molar-refractivity contribution in [3.63, 3.8) is 0 Å². The lowest BCUT2D eigenvalue weighted by Gasteiger charge is -2.03. The van der Waals surface area contributed by atoms with Crippen molar-refractivity contribution in [1.29, 1.82) is 0 Å². The van der Waals surface area contributed by atoms with Gasteiger partial charge < -0.3 is 5.32 Å². The van der Waals surface area contributed by atoms with Crippen molar-refractivity contribution in [3.8, 4) is 0 Å². The molecule has 0 radical (unpaired) electrons. The Morgan fingerprint density at radius 1 is 1.44 bits per heavy atom. The van der Waals surface area contributed by atoms with Gasteiger partial charge in [-0.3, -0.25) is 15.1 Å². The minimum atomic E-state index is -0.0687. The fourth-order valence-electron chi connectivity index (χ4n) is 1.52. The van der Waals surface area contributed by atoms with Gasteiger partial charge >= 0.3 is 0 Å². The van der Waals surface area contributed by atoms with E-state index < -0.39 is 0 Å². The number of fused-ring (bicyclic) bond motifs is 1. The van der Waals surface area contributed by atoms with Crippen LogP contribution in [-0.2, 0) is 4.84 Å². The Kier molecular flexibility index (Phi) is 3.07. The fourth-order valence-corrected chi connectivity index (χ4v) is 2.44. The number of carbonyl (C=O) groups is 1. The molecule has 84 valence electrons. The van der Waals surface area contributed by atoms with Gasteiger partial charge in [-0.25, -0.2) is 0 Å². The summed E-state index contributed by atoms with van der Waals surface area (Å²) in [6.45, 7) is 0. The predicted octanol–water partition coefficient (Wildman–Crippen LogP) is 2.23. The molecule has 0 aliphatic carbocycles. The first-order valence-corrected chi connectivity index (χ1v) is 5.66. The van der Waals surface area contributed by atoms with Gasteiger partial charge in [-0.15, -0.1) is 11.3 Å². The summed E-state index contributed by atoms with van der Waals surface area (Å²) in [4.78, 5) is 16.4. The molecule has 0 bridgehead atoms. The molecule has 0 aliphatic rings. The summed E-state index contributed by atoms with van der Waals surface area (Å²) >= 11 is 1.56. The first-order valence-electron chi connectivity index (χ1n) is 4.78. The highest BCUT2D eigenvalue weighted by molar-refractivity contribution is 7.17. The summed E-state index contributed by atoms with van der Waals surface area (Å²) in [5, 5.41) is 5.42. The Morgan fingerprint density at radius 3 is 2.94 bits per heavy atom. The summed E-state index contributed by atoms with van der Waals surface area (Å²) in [6, 6.07) is 5.78. The monoisotopic (exact) mass is 236 g/mol. The molecule has 5 heteroatoms. The van der Waals surface area contributed by atoms with Crippen LogP contribution in [0.4, 0.5) is 5.69 Å². The average Bonchev–Trinajstić information content (AvgIpc) is 2.71. The SMILES string of the molecule is CNC(=O)c1csc2ccc(NOC)cc12. The van der Waals surface area contributed by atoms with Gasteiger partial charge in [0.1, 0.15) is 0 Å². The second-order valence-corrected chi connectivity index (χ2v) is 4.16. The smallest absolute Gasteiger partial charge is 0.252 e. The van der Waals surface area contributed by atoms with E-state index in [1.54, 1.807) is 25.5 Å². The lowest BCUT2D eigenvalue weighted by molar-refractivity contribution is 0.0965. The highest BCUT2D eigenvalue weighted by atomic mass is 32.1. The average molecular weight is 236 g/mol. The van der Waals surface area contributed by atoms with E-state index >= 15 is 0 Å². The Bertz CT molecular complexity index is 522. The second kappa shape index (κ2) is 4.51. The number of anilines is 1. The summed E-state index contributed by atoms with van der Waals surface area (Å²) in [6.07, 6.45) is 0. The van der Waals surface area contributed by atoms with E-state index in [-0.39, 0.29) is 5.91 Å². The summed E-state index contributed by atoms with van der Waals surface area (Å²) in [5.74, 6) is -0.0687. The van der Waals surface area contributed by atoms with Gasteiger partial charge in [-0.05, 0) is 18.2 Å². The minimum Gasteiger partial charge on any atom is -0.355 e. The second-order valence-electron chi connectivity index (χ2n) is 3.25. The van der Waals surface area contributed by atoms with Crippen LogP contribution in [0.1, 0.15) is 10.4 Å². The Morgan fingerprint density at radius 2 is 2.25 bits per heavy atom. The van der Waals surface area contributed by atoms with Gasteiger partial charge in [0.2, 0.25) is 0 Å². The van der Waals surface area contributed by atoms with Crippen LogP contribution in [-0.4, -0.2) is 20.1 Å². The maximum atomic E-state index is 11.6. The molecule has 0 fully saturated rings. The molecule has 0 atom stereocenters. The van der Waals surface area contributed by atoms with Gasteiger partial charge in [0.15, 0.2) is 0 Å². The van der Waals surface area contributed by atoms with Crippen molar-refractivity contribution in [2.24, 2.45) is 0 Å². The van der Waals surface area contributed by atoms with Crippen molar-refractivity contribution >= 4 is 33.0 Å². The van der Waals surface area contributed by atoms with Crippen LogP contribution in [0, 0.1) is 0 Å². The zero-order valence-corrected chi connectivity index (χ0v) is 9.85. The third-order valence-corrected chi connectivity index (χ3v) is 3.23.